The number of nitrogens with zero attached hydrogens (tertiary/aromatic N) is 2. The first-order valence-electron chi connectivity index (χ1n) is 8.62. The molecule has 0 aromatic carbocycles. The van der Waals surface area contributed by atoms with Crippen molar-refractivity contribution in [1.82, 2.24) is 0 Å². The second-order valence-corrected chi connectivity index (χ2v) is 7.23. The van der Waals surface area contributed by atoms with Crippen molar-refractivity contribution >= 4 is 0 Å². The van der Waals surface area contributed by atoms with Gasteiger partial charge in [-0.25, -0.2) is 0 Å². The minimum atomic E-state index is 0.0904. The molecule has 0 saturated carbocycles. The summed E-state index contributed by atoms with van der Waals surface area (Å²) in [4.78, 5) is 0. The first-order valence-corrected chi connectivity index (χ1v) is 8.62. The molecule has 0 aliphatic heterocycles. The van der Waals surface area contributed by atoms with Crippen LogP contribution < -0.4 is 4.68 Å². The Morgan fingerprint density at radius 3 is 2.75 bits per heavy atom. The molecule has 24 heavy (non-hydrogen) atoms. The van der Waals surface area contributed by atoms with Crippen LogP contribution in [-0.4, -0.2) is 0 Å². The van der Waals surface area contributed by atoms with Crippen molar-refractivity contribution in [2.24, 2.45) is 5.41 Å². The zero-order chi connectivity index (χ0) is 17.2. The third-order valence-corrected chi connectivity index (χ3v) is 4.81. The summed E-state index contributed by atoms with van der Waals surface area (Å²) in [6.45, 7) is 8.85. The molecule has 0 atom stereocenters. The number of hydrogen-bond acceptors (Lipinski definition) is 0. The molecule has 1 aromatic rings. The van der Waals surface area contributed by atoms with Crippen molar-refractivity contribution in [2.45, 2.75) is 40.5 Å². The zero-order valence-electron chi connectivity index (χ0n) is 15.1. The standard InChI is InChI=1S/C22H26N2/c1-17-14-15-18(2)24(17)23-21(19-10-6-5-7-11-19)16-22(3,4)20-12-8-9-13-20/h5-12,14-15H,13,16H2,1-4H3/q-2. The lowest BCUT2D eigenvalue weighted by molar-refractivity contribution is -0.631. The molecule has 0 N–H and O–H groups in total. The molecule has 0 amide bonds. The van der Waals surface area contributed by atoms with Crippen LogP contribution in [0.3, 0.4) is 0 Å². The SMILES string of the molecule is Cc1cc[c-](C)[n+]1[N-]C(CC(C)(C)C1=CC=CC1)=C1C=CC=C[CH-]1. The fraction of sp³-hybridized carbons (Fsp3) is 0.318. The Hall–Kier alpha value is -2.35. The Morgan fingerprint density at radius 2 is 2.17 bits per heavy atom. The smallest absolute Gasteiger partial charge is 0.0667 e. The van der Waals surface area contributed by atoms with Crippen molar-refractivity contribution in [3.63, 3.8) is 0 Å². The molecule has 1 heterocycles. The topological polar surface area (TPSA) is 18.0 Å². The molecule has 0 spiro atoms. The van der Waals surface area contributed by atoms with E-state index in [1.54, 1.807) is 0 Å². The normalized spacial score (nSPS) is 18.6. The predicted molar refractivity (Wildman–Crippen MR) is 100 cm³/mol. The van der Waals surface area contributed by atoms with Gasteiger partial charge in [0.1, 0.15) is 0 Å². The quantitative estimate of drug-likeness (QED) is 0.516. The number of hydrogen-bond donors (Lipinski definition) is 0. The molecule has 1 aromatic heterocycles. The summed E-state index contributed by atoms with van der Waals surface area (Å²) in [6, 6.07) is 4.24. The van der Waals surface area contributed by atoms with Gasteiger partial charge in [0.25, 0.3) is 0 Å². The highest BCUT2D eigenvalue weighted by atomic mass is 15.4. The van der Waals surface area contributed by atoms with Crippen LogP contribution in [0.25, 0.3) is 5.43 Å². The van der Waals surface area contributed by atoms with Gasteiger partial charge >= 0.3 is 0 Å². The summed E-state index contributed by atoms with van der Waals surface area (Å²) < 4.78 is 2.06. The van der Waals surface area contributed by atoms with E-state index in [1.807, 2.05) is 0 Å². The molecule has 2 heteroatoms. The third-order valence-electron chi connectivity index (χ3n) is 4.81. The summed E-state index contributed by atoms with van der Waals surface area (Å²) in [7, 11) is 0. The molecule has 2 nitrogen and oxygen atoms in total. The number of rotatable bonds is 5. The second-order valence-electron chi connectivity index (χ2n) is 7.23. The number of aromatic nitrogens is 1. The average Bonchev–Trinajstić information content (AvgIpc) is 3.21. The minimum Gasteiger partial charge on any atom is -0.478 e. The minimum absolute atomic E-state index is 0.0904. The van der Waals surface area contributed by atoms with Crippen LogP contribution >= 0.6 is 0 Å². The van der Waals surface area contributed by atoms with E-state index < -0.39 is 0 Å². The van der Waals surface area contributed by atoms with Crippen molar-refractivity contribution in [3.05, 3.63) is 94.7 Å². The summed E-state index contributed by atoms with van der Waals surface area (Å²) in [5.74, 6) is 0. The molecule has 0 radical (unpaired) electrons. The molecule has 0 unspecified atom stereocenters. The maximum absolute atomic E-state index is 5.03. The van der Waals surface area contributed by atoms with Crippen molar-refractivity contribution < 1.29 is 4.68 Å². The lowest BCUT2D eigenvalue weighted by Gasteiger charge is -2.39. The molecule has 3 rings (SSSR count). The van der Waals surface area contributed by atoms with Crippen molar-refractivity contribution in [1.29, 1.82) is 0 Å². The first-order chi connectivity index (χ1) is 11.5. The maximum atomic E-state index is 5.03. The van der Waals surface area contributed by atoms with Crippen LogP contribution in [0.2, 0.25) is 0 Å². The van der Waals surface area contributed by atoms with E-state index in [4.69, 9.17) is 5.43 Å². The van der Waals surface area contributed by atoms with Gasteiger partial charge in [-0.3, -0.25) is 0 Å². The van der Waals surface area contributed by atoms with E-state index in [0.717, 1.165) is 18.5 Å². The lowest BCUT2D eigenvalue weighted by atomic mass is 9.78. The van der Waals surface area contributed by atoms with Gasteiger partial charge in [0.15, 0.2) is 0 Å². The molecule has 2 aliphatic carbocycles. The van der Waals surface area contributed by atoms with Crippen LogP contribution in [0.4, 0.5) is 0 Å². The number of allylic oxidation sites excluding steroid dienone is 10. The summed E-state index contributed by atoms with van der Waals surface area (Å²) in [6.07, 6.45) is 19.2. The maximum Gasteiger partial charge on any atom is 0.0667 e. The van der Waals surface area contributed by atoms with Crippen molar-refractivity contribution in [3.8, 4) is 0 Å². The lowest BCUT2D eigenvalue weighted by Crippen LogP contribution is -2.34. The Bertz CT molecular complexity index is 744. The summed E-state index contributed by atoms with van der Waals surface area (Å²) in [5, 5.41) is 0. The third kappa shape index (κ3) is 3.43. The van der Waals surface area contributed by atoms with Gasteiger partial charge in [-0.2, -0.15) is 11.3 Å². The van der Waals surface area contributed by atoms with Crippen LogP contribution in [0, 0.1) is 25.7 Å². The highest BCUT2D eigenvalue weighted by Crippen LogP contribution is 2.40. The second kappa shape index (κ2) is 6.64. The first kappa shape index (κ1) is 16.5. The molecule has 126 valence electrons. The highest BCUT2D eigenvalue weighted by Gasteiger charge is 2.22. The highest BCUT2D eigenvalue weighted by molar-refractivity contribution is 5.45. The van der Waals surface area contributed by atoms with E-state index in [0.29, 0.717) is 0 Å². The van der Waals surface area contributed by atoms with Gasteiger partial charge in [0.2, 0.25) is 0 Å². The Labute approximate surface area is 145 Å². The molecular formula is C22H26N2-2. The molecular weight excluding hydrogens is 292 g/mol. The van der Waals surface area contributed by atoms with E-state index in [-0.39, 0.29) is 5.41 Å². The van der Waals surface area contributed by atoms with E-state index >= 15 is 0 Å². The van der Waals surface area contributed by atoms with Gasteiger partial charge in [-0.05, 0) is 25.7 Å². The number of aryl methyl sites for hydroxylation is 2. The summed E-state index contributed by atoms with van der Waals surface area (Å²) >= 11 is 0. The largest absolute Gasteiger partial charge is 0.478 e. The Kier molecular flexibility index (Phi) is 4.57. The monoisotopic (exact) mass is 318 g/mol. The fourth-order valence-corrected chi connectivity index (χ4v) is 3.25. The Morgan fingerprint density at radius 1 is 1.33 bits per heavy atom. The molecule has 0 fully saturated rings. The van der Waals surface area contributed by atoms with Crippen LogP contribution in [0.15, 0.2) is 71.5 Å². The van der Waals surface area contributed by atoms with Gasteiger partial charge in [0, 0.05) is 5.69 Å². The van der Waals surface area contributed by atoms with Gasteiger partial charge in [-0.15, -0.1) is 42.9 Å². The van der Waals surface area contributed by atoms with Crippen LogP contribution in [-0.2, 0) is 0 Å². The molecule has 0 bridgehead atoms. The van der Waals surface area contributed by atoms with E-state index in [9.17, 15) is 0 Å². The molecule has 0 saturated heterocycles. The van der Waals surface area contributed by atoms with E-state index in [2.05, 4.69) is 93.5 Å². The van der Waals surface area contributed by atoms with Gasteiger partial charge < -0.3 is 10.1 Å². The zero-order valence-corrected chi connectivity index (χ0v) is 15.1. The van der Waals surface area contributed by atoms with E-state index in [1.165, 1.54) is 22.5 Å². The predicted octanol–water partition coefficient (Wildman–Crippen LogP) is 5.33. The van der Waals surface area contributed by atoms with Gasteiger partial charge in [0.05, 0.1) is 5.69 Å². The molecule has 2 aliphatic rings. The average molecular weight is 318 g/mol. The van der Waals surface area contributed by atoms with Crippen LogP contribution in [0.1, 0.15) is 38.1 Å². The Balaban J connectivity index is 1.91. The van der Waals surface area contributed by atoms with Gasteiger partial charge in [-0.1, -0.05) is 44.1 Å². The fourth-order valence-electron chi connectivity index (χ4n) is 3.25. The van der Waals surface area contributed by atoms with Crippen LogP contribution in [0.5, 0.6) is 0 Å². The summed E-state index contributed by atoms with van der Waals surface area (Å²) in [5.41, 5.74) is 11.3. The van der Waals surface area contributed by atoms with Crippen molar-refractivity contribution in [2.75, 3.05) is 0 Å².